The minimum absolute atomic E-state index is 0.0903. The zero-order valence-electron chi connectivity index (χ0n) is 13.8. The molecule has 0 spiro atoms. The Kier molecular flexibility index (Phi) is 5.16. The molecule has 6 nitrogen and oxygen atoms in total. The van der Waals surface area contributed by atoms with Crippen molar-refractivity contribution in [2.24, 2.45) is 0 Å². The molecular formula is C17H21N3O3. The summed E-state index contributed by atoms with van der Waals surface area (Å²) < 4.78 is 4.90. The van der Waals surface area contributed by atoms with Gasteiger partial charge in [-0.25, -0.2) is 0 Å². The predicted molar refractivity (Wildman–Crippen MR) is 88.4 cm³/mol. The molecule has 23 heavy (non-hydrogen) atoms. The third kappa shape index (κ3) is 4.18. The molecule has 0 atom stereocenters. The van der Waals surface area contributed by atoms with Gasteiger partial charge in [-0.2, -0.15) is 0 Å². The number of hydrogen-bond donors (Lipinski definition) is 1. The maximum Gasteiger partial charge on any atom is 0.227 e. The minimum atomic E-state index is -0.212. The Bertz CT molecular complexity index is 701. The van der Waals surface area contributed by atoms with Crippen molar-refractivity contribution < 1.29 is 14.1 Å². The third-order valence-electron chi connectivity index (χ3n) is 3.55. The van der Waals surface area contributed by atoms with E-state index in [1.54, 1.807) is 17.9 Å². The second kappa shape index (κ2) is 7.09. The average Bonchev–Trinajstić information content (AvgIpc) is 2.86. The van der Waals surface area contributed by atoms with Gasteiger partial charge in [0.1, 0.15) is 5.76 Å². The highest BCUT2D eigenvalue weighted by atomic mass is 16.5. The molecule has 0 saturated carbocycles. The topological polar surface area (TPSA) is 75.4 Å². The maximum absolute atomic E-state index is 12.0. The van der Waals surface area contributed by atoms with E-state index in [4.69, 9.17) is 4.52 Å². The van der Waals surface area contributed by atoms with Gasteiger partial charge in [-0.15, -0.1) is 0 Å². The van der Waals surface area contributed by atoms with E-state index in [-0.39, 0.29) is 18.2 Å². The Morgan fingerprint density at radius 3 is 2.39 bits per heavy atom. The number of aromatic nitrogens is 1. The van der Waals surface area contributed by atoms with Crippen molar-refractivity contribution in [3.8, 4) is 0 Å². The Balaban J connectivity index is 2.06. The van der Waals surface area contributed by atoms with Gasteiger partial charge >= 0.3 is 0 Å². The van der Waals surface area contributed by atoms with Crippen LogP contribution >= 0.6 is 0 Å². The van der Waals surface area contributed by atoms with Gasteiger partial charge in [-0.05, 0) is 31.9 Å². The van der Waals surface area contributed by atoms with Crippen molar-refractivity contribution in [3.63, 3.8) is 0 Å². The first-order chi connectivity index (χ1) is 10.9. The van der Waals surface area contributed by atoms with Crippen LogP contribution in [-0.2, 0) is 9.59 Å². The second-order valence-electron chi connectivity index (χ2n) is 5.53. The van der Waals surface area contributed by atoms with Crippen LogP contribution in [0.4, 0.5) is 11.5 Å². The van der Waals surface area contributed by atoms with Gasteiger partial charge in [0.15, 0.2) is 5.82 Å². The maximum atomic E-state index is 12.0. The van der Waals surface area contributed by atoms with E-state index >= 15 is 0 Å². The van der Waals surface area contributed by atoms with E-state index in [1.807, 2.05) is 32.0 Å². The fourth-order valence-corrected chi connectivity index (χ4v) is 2.50. The lowest BCUT2D eigenvalue weighted by Gasteiger charge is -2.24. The van der Waals surface area contributed by atoms with E-state index in [1.165, 1.54) is 6.92 Å². The Hall–Kier alpha value is -2.63. The molecule has 2 aromatic rings. The molecule has 1 aromatic carbocycles. The molecule has 1 heterocycles. The molecular weight excluding hydrogens is 294 g/mol. The SMILES string of the molecule is CC(=O)N(CCC(=O)Nc1cc(C)on1)c1c(C)cccc1C. The largest absolute Gasteiger partial charge is 0.360 e. The monoisotopic (exact) mass is 315 g/mol. The first kappa shape index (κ1) is 16.7. The van der Waals surface area contributed by atoms with E-state index in [0.717, 1.165) is 16.8 Å². The molecule has 6 heteroatoms. The first-order valence-electron chi connectivity index (χ1n) is 7.46. The molecule has 1 aromatic heterocycles. The molecule has 0 saturated heterocycles. The van der Waals surface area contributed by atoms with Crippen molar-refractivity contribution in [1.29, 1.82) is 0 Å². The molecule has 0 radical (unpaired) electrons. The van der Waals surface area contributed by atoms with Gasteiger partial charge < -0.3 is 14.7 Å². The number of aryl methyl sites for hydroxylation is 3. The second-order valence-corrected chi connectivity index (χ2v) is 5.53. The fraction of sp³-hybridized carbons (Fsp3) is 0.353. The molecule has 0 fully saturated rings. The number of benzene rings is 1. The van der Waals surface area contributed by atoms with E-state index < -0.39 is 0 Å². The number of para-hydroxylation sites is 1. The van der Waals surface area contributed by atoms with Crippen LogP contribution in [0.3, 0.4) is 0 Å². The van der Waals surface area contributed by atoms with E-state index in [9.17, 15) is 9.59 Å². The summed E-state index contributed by atoms with van der Waals surface area (Å²) in [5, 5.41) is 6.37. The van der Waals surface area contributed by atoms with E-state index in [2.05, 4.69) is 10.5 Å². The number of hydrogen-bond acceptors (Lipinski definition) is 4. The van der Waals surface area contributed by atoms with Crippen molar-refractivity contribution in [2.75, 3.05) is 16.8 Å². The fourth-order valence-electron chi connectivity index (χ4n) is 2.50. The van der Waals surface area contributed by atoms with Crippen LogP contribution in [0.5, 0.6) is 0 Å². The van der Waals surface area contributed by atoms with Crippen LogP contribution in [0.1, 0.15) is 30.2 Å². The quantitative estimate of drug-likeness (QED) is 0.920. The zero-order chi connectivity index (χ0) is 17.0. The Morgan fingerprint density at radius 2 is 1.87 bits per heavy atom. The van der Waals surface area contributed by atoms with Gasteiger partial charge in [0.25, 0.3) is 0 Å². The van der Waals surface area contributed by atoms with Crippen LogP contribution in [0, 0.1) is 20.8 Å². The van der Waals surface area contributed by atoms with Crippen molar-refractivity contribution in [3.05, 3.63) is 41.2 Å². The molecule has 2 amide bonds. The number of rotatable bonds is 5. The van der Waals surface area contributed by atoms with Gasteiger partial charge in [0.05, 0.1) is 0 Å². The lowest BCUT2D eigenvalue weighted by Crippen LogP contribution is -2.33. The normalized spacial score (nSPS) is 10.4. The van der Waals surface area contributed by atoms with Gasteiger partial charge in [0, 0.05) is 31.6 Å². The molecule has 0 unspecified atom stereocenters. The van der Waals surface area contributed by atoms with E-state index in [0.29, 0.717) is 18.1 Å². The standard InChI is InChI=1S/C17H21N3O3/c1-11-6-5-7-12(2)17(11)20(14(4)21)9-8-16(22)18-15-10-13(3)23-19-15/h5-7,10H,8-9H2,1-4H3,(H,18,19,22). The zero-order valence-corrected chi connectivity index (χ0v) is 13.8. The minimum Gasteiger partial charge on any atom is -0.360 e. The summed E-state index contributed by atoms with van der Waals surface area (Å²) in [6.45, 7) is 7.47. The van der Waals surface area contributed by atoms with Crippen LogP contribution < -0.4 is 10.2 Å². The highest BCUT2D eigenvalue weighted by Crippen LogP contribution is 2.25. The molecule has 1 N–H and O–H groups in total. The third-order valence-corrected chi connectivity index (χ3v) is 3.55. The number of anilines is 2. The van der Waals surface area contributed by atoms with Crippen LogP contribution in [-0.4, -0.2) is 23.5 Å². The molecule has 2 rings (SSSR count). The van der Waals surface area contributed by atoms with Crippen molar-refractivity contribution in [1.82, 2.24) is 5.16 Å². The number of carbonyl (C=O) groups excluding carboxylic acids is 2. The number of carbonyl (C=O) groups is 2. The molecule has 0 aliphatic heterocycles. The van der Waals surface area contributed by atoms with Gasteiger partial charge in [-0.1, -0.05) is 23.4 Å². The van der Waals surface area contributed by atoms with Crippen LogP contribution in [0.15, 0.2) is 28.8 Å². The summed E-state index contributed by atoms with van der Waals surface area (Å²) >= 11 is 0. The summed E-state index contributed by atoms with van der Waals surface area (Å²) in [4.78, 5) is 25.6. The van der Waals surface area contributed by atoms with Crippen LogP contribution in [0.2, 0.25) is 0 Å². The Morgan fingerprint density at radius 1 is 1.22 bits per heavy atom. The van der Waals surface area contributed by atoms with Crippen molar-refractivity contribution >= 4 is 23.3 Å². The lowest BCUT2D eigenvalue weighted by atomic mass is 10.1. The highest BCUT2D eigenvalue weighted by molar-refractivity contribution is 5.95. The first-order valence-corrected chi connectivity index (χ1v) is 7.46. The molecule has 0 aliphatic carbocycles. The highest BCUT2D eigenvalue weighted by Gasteiger charge is 2.17. The molecule has 122 valence electrons. The molecule has 0 aliphatic rings. The van der Waals surface area contributed by atoms with Gasteiger partial charge in [0.2, 0.25) is 11.8 Å². The predicted octanol–water partition coefficient (Wildman–Crippen LogP) is 2.98. The van der Waals surface area contributed by atoms with Gasteiger partial charge in [-0.3, -0.25) is 9.59 Å². The number of nitrogens with one attached hydrogen (secondary N) is 1. The summed E-state index contributed by atoms with van der Waals surface area (Å²) in [6, 6.07) is 7.51. The summed E-state index contributed by atoms with van der Waals surface area (Å²) in [5.41, 5.74) is 2.88. The van der Waals surface area contributed by atoms with Crippen LogP contribution in [0.25, 0.3) is 0 Å². The summed E-state index contributed by atoms with van der Waals surface area (Å²) in [7, 11) is 0. The number of amides is 2. The summed E-state index contributed by atoms with van der Waals surface area (Å²) in [5.74, 6) is 0.707. The molecule has 0 bridgehead atoms. The smallest absolute Gasteiger partial charge is 0.227 e. The van der Waals surface area contributed by atoms with Crippen molar-refractivity contribution in [2.45, 2.75) is 34.1 Å². The lowest BCUT2D eigenvalue weighted by molar-refractivity contribution is -0.117. The Labute approximate surface area is 135 Å². The number of nitrogens with zero attached hydrogens (tertiary/aromatic N) is 2. The average molecular weight is 315 g/mol. The summed E-state index contributed by atoms with van der Waals surface area (Å²) in [6.07, 6.45) is 0.180.